The van der Waals surface area contributed by atoms with Crippen molar-refractivity contribution < 1.29 is 55.8 Å². The minimum atomic E-state index is -0.629. The predicted octanol–water partition coefficient (Wildman–Crippen LogP) is -2.78. The van der Waals surface area contributed by atoms with Crippen molar-refractivity contribution in [3.63, 3.8) is 0 Å². The van der Waals surface area contributed by atoms with E-state index in [4.69, 9.17) is 0 Å². The zero-order valence-electron chi connectivity index (χ0n) is 9.41. The molecule has 0 aliphatic heterocycles. The fraction of sp³-hybridized carbons (Fsp3) is 0. The molecule has 3 aromatic heterocycles. The Labute approximate surface area is 143 Å². The first-order valence-electron chi connectivity index (χ1n) is 4.70. The fourth-order valence-corrected chi connectivity index (χ4v) is 1.51. The summed E-state index contributed by atoms with van der Waals surface area (Å²) >= 11 is 0. The molecule has 0 unspecified atom stereocenters. The third-order valence-corrected chi connectivity index (χ3v) is 2.26. The van der Waals surface area contributed by atoms with Crippen LogP contribution in [0.25, 0.3) is 11.3 Å². The Morgan fingerprint density at radius 1 is 1.33 bits per heavy atom. The van der Waals surface area contributed by atoms with Gasteiger partial charge in [-0.05, 0) is 11.9 Å². The van der Waals surface area contributed by atoms with E-state index in [1.54, 1.807) is 6.20 Å². The van der Waals surface area contributed by atoms with Gasteiger partial charge >= 0.3 is 51.4 Å². The monoisotopic (exact) mass is 269 g/mol. The van der Waals surface area contributed by atoms with Crippen molar-refractivity contribution in [3.05, 3.63) is 53.4 Å². The molecular weight excluding hydrogens is 264 g/mol. The summed E-state index contributed by atoms with van der Waals surface area (Å²) in [5.74, 6) is -0.629. The summed E-state index contributed by atoms with van der Waals surface area (Å²) in [6.45, 7) is 0. The molecule has 0 aliphatic carbocycles. The number of pyridine rings is 1. The van der Waals surface area contributed by atoms with Crippen LogP contribution in [0.15, 0.2) is 35.8 Å². The first-order chi connectivity index (χ1) is 8.25. The van der Waals surface area contributed by atoms with Crippen molar-refractivity contribution in [2.45, 2.75) is 0 Å². The molecule has 0 bridgehead atoms. The van der Waals surface area contributed by atoms with E-state index in [0.717, 1.165) is 0 Å². The van der Waals surface area contributed by atoms with Crippen LogP contribution in [0.3, 0.4) is 0 Å². The largest absolute Gasteiger partial charge is 1.00 e. The van der Waals surface area contributed by atoms with Crippen molar-refractivity contribution in [1.82, 2.24) is 24.1 Å². The standard InChI is InChI=1S/C10H5FN5O.K/c11-7-3-8(5-12-4-7)15-1-2-16-9(10(15)17)13-6-14-16;/h1-3,5-6H;/q-1;+1. The quantitative estimate of drug-likeness (QED) is 0.354. The van der Waals surface area contributed by atoms with Gasteiger partial charge in [0, 0.05) is 18.2 Å². The maximum Gasteiger partial charge on any atom is 1.00 e. The predicted molar refractivity (Wildman–Crippen MR) is 55.2 cm³/mol. The minimum Gasteiger partial charge on any atom is -0.389 e. The van der Waals surface area contributed by atoms with E-state index in [-0.39, 0.29) is 57.0 Å². The van der Waals surface area contributed by atoms with E-state index in [9.17, 15) is 9.18 Å². The van der Waals surface area contributed by atoms with Crippen LogP contribution in [-0.2, 0) is 0 Å². The van der Waals surface area contributed by atoms with Crippen LogP contribution in [0.1, 0.15) is 0 Å². The summed E-state index contributed by atoms with van der Waals surface area (Å²) in [4.78, 5) is 19.4. The van der Waals surface area contributed by atoms with Gasteiger partial charge in [0.15, 0.2) is 0 Å². The Hall–Kier alpha value is -0.934. The fourth-order valence-electron chi connectivity index (χ4n) is 1.51. The molecule has 0 saturated carbocycles. The van der Waals surface area contributed by atoms with Gasteiger partial charge in [0.1, 0.15) is 6.33 Å². The smallest absolute Gasteiger partial charge is 0.389 e. The average Bonchev–Trinajstić information content (AvgIpc) is 2.78. The summed E-state index contributed by atoms with van der Waals surface area (Å²) in [6.07, 6.45) is 7.78. The van der Waals surface area contributed by atoms with Crippen LogP contribution in [0, 0.1) is 12.0 Å². The van der Waals surface area contributed by atoms with Gasteiger partial charge in [-0.25, -0.2) is 13.9 Å². The summed E-state index contributed by atoms with van der Waals surface area (Å²) in [7, 11) is 0. The molecule has 0 aliphatic rings. The van der Waals surface area contributed by atoms with Crippen LogP contribution in [0.5, 0.6) is 0 Å². The average molecular weight is 269 g/mol. The molecular formula is C10H5FKN5O. The normalized spacial score (nSPS) is 10.3. The topological polar surface area (TPSA) is 65.1 Å². The molecule has 0 atom stereocenters. The van der Waals surface area contributed by atoms with Crippen molar-refractivity contribution in [2.75, 3.05) is 0 Å². The van der Waals surface area contributed by atoms with Gasteiger partial charge in [0.25, 0.3) is 5.56 Å². The molecule has 3 heterocycles. The van der Waals surface area contributed by atoms with Crippen LogP contribution >= 0.6 is 0 Å². The molecule has 0 aromatic carbocycles. The Bertz CT molecular complexity index is 753. The second kappa shape index (κ2) is 5.37. The Morgan fingerprint density at radius 3 is 2.94 bits per heavy atom. The second-order valence-corrected chi connectivity index (χ2v) is 3.29. The van der Waals surface area contributed by atoms with Crippen molar-refractivity contribution in [3.8, 4) is 5.69 Å². The first kappa shape index (κ1) is 13.5. The van der Waals surface area contributed by atoms with E-state index >= 15 is 0 Å². The molecule has 0 fully saturated rings. The van der Waals surface area contributed by atoms with Gasteiger partial charge < -0.3 is 9.55 Å². The number of fused-ring (bicyclic) bond motifs is 1. The third kappa shape index (κ3) is 2.29. The number of aromatic nitrogens is 5. The SMILES string of the molecule is O=c1c2ncnn2ccn1-c1cn[c-]c(F)c1.[K+]. The third-order valence-electron chi connectivity index (χ3n) is 2.26. The number of hydrogen-bond donors (Lipinski definition) is 0. The van der Waals surface area contributed by atoms with Gasteiger partial charge in [0.2, 0.25) is 5.65 Å². The van der Waals surface area contributed by atoms with Crippen LogP contribution in [0.2, 0.25) is 0 Å². The van der Waals surface area contributed by atoms with Gasteiger partial charge in [-0.3, -0.25) is 4.79 Å². The Kier molecular flexibility index (Phi) is 4.02. The number of hydrogen-bond acceptors (Lipinski definition) is 4. The summed E-state index contributed by atoms with van der Waals surface area (Å²) < 4.78 is 15.6. The van der Waals surface area contributed by atoms with E-state index in [0.29, 0.717) is 5.69 Å². The van der Waals surface area contributed by atoms with Crippen LogP contribution in [0.4, 0.5) is 4.39 Å². The molecule has 3 rings (SSSR count). The van der Waals surface area contributed by atoms with Crippen LogP contribution < -0.4 is 56.9 Å². The zero-order chi connectivity index (χ0) is 11.8. The molecule has 0 amide bonds. The maximum atomic E-state index is 13.0. The van der Waals surface area contributed by atoms with Gasteiger partial charge in [-0.2, -0.15) is 5.10 Å². The molecule has 0 radical (unpaired) electrons. The molecule has 8 heteroatoms. The van der Waals surface area contributed by atoms with E-state index < -0.39 is 11.4 Å². The molecule has 0 spiro atoms. The van der Waals surface area contributed by atoms with Crippen molar-refractivity contribution in [2.24, 2.45) is 0 Å². The second-order valence-electron chi connectivity index (χ2n) is 3.29. The number of nitrogens with zero attached hydrogens (tertiary/aromatic N) is 5. The summed E-state index contributed by atoms with van der Waals surface area (Å²) in [5, 5.41) is 3.83. The maximum absolute atomic E-state index is 13.0. The number of rotatable bonds is 1. The van der Waals surface area contributed by atoms with Crippen LogP contribution in [-0.4, -0.2) is 24.1 Å². The van der Waals surface area contributed by atoms with Gasteiger partial charge in [-0.15, -0.1) is 6.07 Å². The van der Waals surface area contributed by atoms with Crippen molar-refractivity contribution >= 4 is 5.65 Å². The molecule has 18 heavy (non-hydrogen) atoms. The first-order valence-corrected chi connectivity index (χ1v) is 4.70. The Balaban J connectivity index is 0.00000120. The molecule has 3 aromatic rings. The van der Waals surface area contributed by atoms with E-state index in [1.165, 1.54) is 33.9 Å². The Morgan fingerprint density at radius 2 is 2.17 bits per heavy atom. The van der Waals surface area contributed by atoms with E-state index in [1.807, 2.05) is 0 Å². The van der Waals surface area contributed by atoms with E-state index in [2.05, 4.69) is 21.3 Å². The molecule has 0 N–H and O–H groups in total. The molecule has 6 nitrogen and oxygen atoms in total. The molecule has 84 valence electrons. The zero-order valence-corrected chi connectivity index (χ0v) is 12.5. The molecule has 0 saturated heterocycles. The summed E-state index contributed by atoms with van der Waals surface area (Å²) in [6, 6.07) is 1.17. The van der Waals surface area contributed by atoms with Gasteiger partial charge in [0.05, 0.1) is 0 Å². The summed E-state index contributed by atoms with van der Waals surface area (Å²) in [5.41, 5.74) is 0.0925. The van der Waals surface area contributed by atoms with Gasteiger partial charge in [-0.1, -0.05) is 6.20 Å². The van der Waals surface area contributed by atoms with Crippen molar-refractivity contribution in [1.29, 1.82) is 0 Å². The number of halogens is 1. The minimum absolute atomic E-state index is 0.